The van der Waals surface area contributed by atoms with Gasteiger partial charge in [0.15, 0.2) is 5.76 Å². The Balaban J connectivity index is 2.09. The van der Waals surface area contributed by atoms with Gasteiger partial charge in [-0.2, -0.15) is 0 Å². The number of esters is 1. The van der Waals surface area contributed by atoms with Crippen LogP contribution >= 0.6 is 0 Å². The molecule has 0 fully saturated rings. The molecule has 0 bridgehead atoms. The van der Waals surface area contributed by atoms with Crippen molar-refractivity contribution in [2.24, 2.45) is 0 Å². The number of aromatic nitrogens is 1. The fraction of sp³-hybridized carbons (Fsp3) is 0.438. The highest BCUT2D eigenvalue weighted by Gasteiger charge is 2.37. The Bertz CT molecular complexity index is 711. The third kappa shape index (κ3) is 2.06. The second-order valence-corrected chi connectivity index (χ2v) is 5.32. The number of hydrogen-bond donors (Lipinski definition) is 0. The maximum absolute atomic E-state index is 12.5. The van der Waals surface area contributed by atoms with Crippen molar-refractivity contribution in [3.63, 3.8) is 0 Å². The zero-order valence-electron chi connectivity index (χ0n) is 12.6. The van der Waals surface area contributed by atoms with Crippen LogP contribution in [-0.2, 0) is 33.8 Å². The smallest absolute Gasteiger partial charge is 0.305 e. The van der Waals surface area contributed by atoms with Crippen LogP contribution in [0, 0.1) is 0 Å². The number of Topliss-reactive ketones (excluding diaryl/α,β-unsaturated/α-hetero) is 1. The Morgan fingerprint density at radius 2 is 2.14 bits per heavy atom. The van der Waals surface area contributed by atoms with Gasteiger partial charge in [-0.3, -0.25) is 14.4 Å². The summed E-state index contributed by atoms with van der Waals surface area (Å²) in [5.41, 5.74) is 2.31. The highest BCUT2D eigenvalue weighted by Crippen LogP contribution is 2.34. The third-order valence-corrected chi connectivity index (χ3v) is 4.11. The van der Waals surface area contributed by atoms with Crippen LogP contribution in [0.5, 0.6) is 0 Å². The molecule has 1 aliphatic heterocycles. The number of methoxy groups -OCH3 is 1. The van der Waals surface area contributed by atoms with Gasteiger partial charge in [0.05, 0.1) is 12.7 Å². The third-order valence-electron chi connectivity index (χ3n) is 4.11. The minimum Gasteiger partial charge on any atom is -0.492 e. The summed E-state index contributed by atoms with van der Waals surface area (Å²) < 4.78 is 12.1. The van der Waals surface area contributed by atoms with Crippen molar-refractivity contribution in [3.05, 3.63) is 34.3 Å². The number of ketones is 2. The fourth-order valence-electron chi connectivity index (χ4n) is 3.10. The van der Waals surface area contributed by atoms with Crippen molar-refractivity contribution in [1.29, 1.82) is 0 Å². The molecule has 6 heteroatoms. The first-order valence-corrected chi connectivity index (χ1v) is 7.33. The van der Waals surface area contributed by atoms with Crippen LogP contribution in [0.1, 0.15) is 51.9 Å². The van der Waals surface area contributed by atoms with Gasteiger partial charge in [0.2, 0.25) is 11.6 Å². The van der Waals surface area contributed by atoms with Gasteiger partial charge in [0.25, 0.3) is 0 Å². The van der Waals surface area contributed by atoms with E-state index in [0.717, 1.165) is 18.5 Å². The number of hydrogen-bond acceptors (Lipinski definition) is 5. The minimum absolute atomic E-state index is 0.0212. The van der Waals surface area contributed by atoms with E-state index < -0.39 is 0 Å². The molecule has 6 nitrogen and oxygen atoms in total. The normalized spacial score (nSPS) is 16.2. The van der Waals surface area contributed by atoms with Crippen LogP contribution in [0.2, 0.25) is 0 Å². The van der Waals surface area contributed by atoms with Crippen LogP contribution in [-0.4, -0.2) is 29.2 Å². The lowest BCUT2D eigenvalue weighted by Crippen LogP contribution is -2.20. The average Bonchev–Trinajstić information content (AvgIpc) is 3.09. The summed E-state index contributed by atoms with van der Waals surface area (Å²) in [7, 11) is 1.36. The van der Waals surface area contributed by atoms with E-state index in [9.17, 15) is 14.4 Å². The van der Waals surface area contributed by atoms with Gasteiger partial charge in [-0.15, -0.1) is 0 Å². The van der Waals surface area contributed by atoms with E-state index >= 15 is 0 Å². The molecule has 0 radical (unpaired) electrons. The summed E-state index contributed by atoms with van der Waals surface area (Å²) in [6.45, 7) is 2.43. The van der Waals surface area contributed by atoms with E-state index in [1.807, 2.05) is 4.57 Å². The number of carbonyl (C=O) groups excluding carboxylic acids is 3. The molecule has 0 unspecified atom stereocenters. The molecule has 3 rings (SSSR count). The van der Waals surface area contributed by atoms with Gasteiger partial charge in [-0.1, -0.05) is 6.92 Å². The highest BCUT2D eigenvalue weighted by molar-refractivity contribution is 6.24. The van der Waals surface area contributed by atoms with Gasteiger partial charge < -0.3 is 14.0 Å². The number of allylic oxidation sites excluding steroid dienone is 2. The van der Waals surface area contributed by atoms with Gasteiger partial charge >= 0.3 is 5.97 Å². The molecule has 1 aromatic rings. The van der Waals surface area contributed by atoms with Gasteiger partial charge in [-0.05, 0) is 12.8 Å². The molecule has 116 valence electrons. The topological polar surface area (TPSA) is 74.6 Å². The van der Waals surface area contributed by atoms with Crippen LogP contribution < -0.4 is 0 Å². The van der Waals surface area contributed by atoms with Crippen molar-refractivity contribution in [2.45, 2.75) is 39.3 Å². The van der Waals surface area contributed by atoms with E-state index in [1.165, 1.54) is 13.2 Å². The SMILES string of the molecule is CCC(=O)OCc1c2c(n3c1CCC3)C(=O)C=C(OC)C2=O. The van der Waals surface area contributed by atoms with E-state index in [-0.39, 0.29) is 36.3 Å². The Kier molecular flexibility index (Phi) is 3.60. The number of fused-ring (bicyclic) bond motifs is 3. The molecule has 0 N–H and O–H groups in total. The molecular formula is C16H17NO5. The summed E-state index contributed by atoms with van der Waals surface area (Å²) in [5.74, 6) is -0.849. The molecule has 0 spiro atoms. The summed E-state index contributed by atoms with van der Waals surface area (Å²) in [5, 5.41) is 0. The first-order chi connectivity index (χ1) is 10.6. The second-order valence-electron chi connectivity index (χ2n) is 5.32. The fourth-order valence-corrected chi connectivity index (χ4v) is 3.10. The van der Waals surface area contributed by atoms with Crippen molar-refractivity contribution < 1.29 is 23.9 Å². The minimum atomic E-state index is -0.330. The standard InChI is InChI=1S/C16H17NO5/c1-3-13(19)22-8-9-10-5-4-6-17(10)15-11(18)7-12(21-2)16(20)14(9)15/h7H,3-6,8H2,1-2H3. The Morgan fingerprint density at radius 1 is 1.36 bits per heavy atom. The summed E-state index contributed by atoms with van der Waals surface area (Å²) in [6.07, 6.45) is 3.20. The van der Waals surface area contributed by atoms with Gasteiger partial charge in [0.1, 0.15) is 12.3 Å². The molecule has 1 aromatic heterocycles. The number of ether oxygens (including phenoxy) is 2. The molecule has 0 saturated carbocycles. The number of carbonyl (C=O) groups is 3. The number of rotatable bonds is 4. The molecule has 1 aliphatic carbocycles. The predicted octanol–water partition coefficient (Wildman–Crippen LogP) is 1.80. The zero-order valence-corrected chi connectivity index (χ0v) is 12.6. The predicted molar refractivity (Wildman–Crippen MR) is 76.6 cm³/mol. The lowest BCUT2D eigenvalue weighted by Gasteiger charge is -2.14. The van der Waals surface area contributed by atoms with E-state index in [2.05, 4.69) is 0 Å². The maximum Gasteiger partial charge on any atom is 0.305 e. The lowest BCUT2D eigenvalue weighted by atomic mass is 9.95. The maximum atomic E-state index is 12.5. The summed E-state index contributed by atoms with van der Waals surface area (Å²) in [4.78, 5) is 36.3. The van der Waals surface area contributed by atoms with E-state index in [1.54, 1.807) is 6.92 Å². The molecule has 2 heterocycles. The summed E-state index contributed by atoms with van der Waals surface area (Å²) in [6, 6.07) is 0. The average molecular weight is 303 g/mol. The molecule has 2 aliphatic rings. The van der Waals surface area contributed by atoms with Crippen LogP contribution in [0.4, 0.5) is 0 Å². The van der Waals surface area contributed by atoms with Crippen LogP contribution in [0.15, 0.2) is 11.8 Å². The first kappa shape index (κ1) is 14.6. The molecule has 0 atom stereocenters. The number of nitrogens with zero attached hydrogens (tertiary/aromatic N) is 1. The Labute approximate surface area is 127 Å². The summed E-state index contributed by atoms with van der Waals surface area (Å²) >= 11 is 0. The molecule has 0 saturated heterocycles. The highest BCUT2D eigenvalue weighted by atomic mass is 16.5. The molecule has 0 aromatic carbocycles. The quantitative estimate of drug-likeness (QED) is 0.793. The van der Waals surface area contributed by atoms with Crippen molar-refractivity contribution in [2.75, 3.05) is 7.11 Å². The van der Waals surface area contributed by atoms with Crippen LogP contribution in [0.25, 0.3) is 0 Å². The molecule has 22 heavy (non-hydrogen) atoms. The monoisotopic (exact) mass is 303 g/mol. The second kappa shape index (κ2) is 5.44. The van der Waals surface area contributed by atoms with Gasteiger partial charge in [-0.25, -0.2) is 0 Å². The largest absolute Gasteiger partial charge is 0.492 e. The van der Waals surface area contributed by atoms with Crippen LogP contribution in [0.3, 0.4) is 0 Å². The Morgan fingerprint density at radius 3 is 2.82 bits per heavy atom. The van der Waals surface area contributed by atoms with Crippen molar-refractivity contribution in [1.82, 2.24) is 4.57 Å². The zero-order chi connectivity index (χ0) is 15.9. The van der Waals surface area contributed by atoms with E-state index in [4.69, 9.17) is 9.47 Å². The molecular weight excluding hydrogens is 286 g/mol. The first-order valence-electron chi connectivity index (χ1n) is 7.33. The lowest BCUT2D eigenvalue weighted by molar-refractivity contribution is -0.144. The van der Waals surface area contributed by atoms with Crippen molar-refractivity contribution in [3.8, 4) is 0 Å². The Hall–Kier alpha value is -2.37. The van der Waals surface area contributed by atoms with E-state index in [0.29, 0.717) is 23.4 Å². The molecule has 0 amide bonds. The van der Waals surface area contributed by atoms with Crippen molar-refractivity contribution >= 4 is 17.5 Å². The van der Waals surface area contributed by atoms with Gasteiger partial charge in [0, 0.05) is 30.3 Å².